The number of nitrogens with zero attached hydrogens (tertiary/aromatic N) is 1. The number of benzene rings is 8. The van der Waals surface area contributed by atoms with Crippen molar-refractivity contribution in [2.24, 2.45) is 0 Å². The summed E-state index contributed by atoms with van der Waals surface area (Å²) in [7, 11) is 0. The highest BCUT2D eigenvalue weighted by Gasteiger charge is 2.52. The van der Waals surface area contributed by atoms with Crippen LogP contribution in [0.5, 0.6) is 0 Å². The van der Waals surface area contributed by atoms with Gasteiger partial charge in [0.25, 0.3) is 0 Å². The van der Waals surface area contributed by atoms with Crippen LogP contribution >= 0.6 is 0 Å². The molecule has 0 saturated heterocycles. The van der Waals surface area contributed by atoms with Gasteiger partial charge in [-0.1, -0.05) is 152 Å². The first kappa shape index (κ1) is 22.2. The van der Waals surface area contributed by atoms with Crippen molar-refractivity contribution in [3.63, 3.8) is 0 Å². The Kier molecular flexibility index (Phi) is 4.64. The molecule has 2 aliphatic carbocycles. The van der Waals surface area contributed by atoms with Crippen LogP contribution in [0.2, 0.25) is 0 Å². The van der Waals surface area contributed by atoms with Crippen molar-refractivity contribution in [1.82, 2.24) is 0 Å². The normalized spacial score (nSPS) is 15.2. The smallest absolute Gasteiger partial charge is 0.137 e. The lowest BCUT2D eigenvalue weighted by Gasteiger charge is -2.32. The molecule has 0 atom stereocenters. The Hall–Kier alpha value is -6.64. The van der Waals surface area contributed by atoms with E-state index in [4.69, 9.17) is 12.6 Å². The van der Waals surface area contributed by atoms with E-state index in [1.165, 1.54) is 22.3 Å². The van der Waals surface area contributed by atoms with E-state index in [0.29, 0.717) is 11.4 Å². The van der Waals surface area contributed by atoms with E-state index < -0.39 is 17.5 Å². The van der Waals surface area contributed by atoms with E-state index >= 15 is 0 Å². The highest BCUT2D eigenvalue weighted by atomic mass is 16.3. The molecule has 2 nitrogen and oxygen atoms in total. The maximum Gasteiger partial charge on any atom is 0.137 e. The number of furan rings is 1. The van der Waals surface area contributed by atoms with Gasteiger partial charge in [0.05, 0.1) is 31.8 Å². The van der Waals surface area contributed by atoms with E-state index in [2.05, 4.69) is 72.8 Å². The summed E-state index contributed by atoms with van der Waals surface area (Å²) in [6.07, 6.45) is 0. The third kappa shape index (κ3) is 3.82. The van der Waals surface area contributed by atoms with Gasteiger partial charge in [-0.25, -0.2) is 0 Å². The average Bonchev–Trinajstić information content (AvgIpc) is 3.91. The molecule has 0 aliphatic heterocycles. The number of anilines is 3. The van der Waals surface area contributed by atoms with Crippen LogP contribution in [-0.4, -0.2) is 0 Å². The quantitative estimate of drug-likeness (QED) is 0.187. The minimum Gasteiger partial charge on any atom is -0.456 e. The summed E-state index contributed by atoms with van der Waals surface area (Å²) in [4.78, 5) is 1.93. The number of hydrogen-bond acceptors (Lipinski definition) is 2. The first-order valence-electron chi connectivity index (χ1n) is 20.5. The Morgan fingerprint density at radius 3 is 1.78 bits per heavy atom. The molecule has 9 aromatic rings. The molecule has 1 spiro atoms. The minimum atomic E-state index is -0.663. The highest BCUT2D eigenvalue weighted by molar-refractivity contribution is 6.14. The Morgan fingerprint density at radius 2 is 1.04 bits per heavy atom. The van der Waals surface area contributed by atoms with E-state index in [9.17, 15) is 1.37 Å². The molecular weight excluding hydrogens is 619 g/mol. The summed E-state index contributed by atoms with van der Waals surface area (Å²) in [6, 6.07) is 47.1. The first-order valence-corrected chi connectivity index (χ1v) is 17.0. The predicted molar refractivity (Wildman–Crippen MR) is 210 cm³/mol. The molecule has 0 fully saturated rings. The fraction of sp³-hybridized carbons (Fsp3) is 0.0204. The van der Waals surface area contributed by atoms with E-state index in [1.807, 2.05) is 77.7 Å². The van der Waals surface area contributed by atoms with Gasteiger partial charge in [-0.05, 0) is 86.4 Å². The molecule has 238 valence electrons. The third-order valence-corrected chi connectivity index (χ3v) is 10.6. The standard InChI is InChI=1S/C49H31NO/c1-2-14-32(15-3-1)33-28-30-34(31-29-33)50(44-25-13-27-46-48(44)38-19-7-11-26-45(38)51-46)43-24-12-23-42-47(43)37-18-6-10-22-41(37)49(42)39-20-8-4-16-35(39)36-17-5-9-21-40(36)49/h1-31H/i7D,11D,13D,19D,25D,26D,27D. The molecule has 0 saturated carbocycles. The maximum absolute atomic E-state index is 9.67. The second-order valence-electron chi connectivity index (χ2n) is 13.1. The molecule has 0 radical (unpaired) electrons. The zero-order chi connectivity index (χ0) is 39.6. The summed E-state index contributed by atoms with van der Waals surface area (Å²) in [6.45, 7) is 0. The van der Waals surface area contributed by atoms with Gasteiger partial charge in [-0.2, -0.15) is 0 Å². The molecule has 0 amide bonds. The zero-order valence-electron chi connectivity index (χ0n) is 34.2. The fourth-order valence-corrected chi connectivity index (χ4v) is 8.64. The molecule has 8 aromatic carbocycles. The van der Waals surface area contributed by atoms with Gasteiger partial charge in [0.1, 0.15) is 11.2 Å². The third-order valence-electron chi connectivity index (χ3n) is 10.6. The molecule has 1 aromatic heterocycles. The topological polar surface area (TPSA) is 16.4 Å². The lowest BCUT2D eigenvalue weighted by molar-refractivity contribution is 0.669. The van der Waals surface area contributed by atoms with Gasteiger partial charge >= 0.3 is 0 Å². The van der Waals surface area contributed by atoms with Crippen LogP contribution in [-0.2, 0) is 5.41 Å². The Morgan fingerprint density at radius 1 is 0.451 bits per heavy atom. The largest absolute Gasteiger partial charge is 0.456 e. The molecule has 51 heavy (non-hydrogen) atoms. The van der Waals surface area contributed by atoms with Crippen LogP contribution in [0.25, 0.3) is 55.3 Å². The number of fused-ring (bicyclic) bond motifs is 13. The van der Waals surface area contributed by atoms with Crippen molar-refractivity contribution in [3.05, 3.63) is 210 Å². The van der Waals surface area contributed by atoms with Crippen LogP contribution < -0.4 is 4.90 Å². The van der Waals surface area contributed by atoms with Gasteiger partial charge < -0.3 is 9.32 Å². The first-order chi connectivity index (χ1) is 28.2. The fourth-order valence-electron chi connectivity index (χ4n) is 8.64. The van der Waals surface area contributed by atoms with Gasteiger partial charge in [0.15, 0.2) is 0 Å². The summed E-state index contributed by atoms with van der Waals surface area (Å²) < 4.78 is 69.0. The summed E-state index contributed by atoms with van der Waals surface area (Å²) in [5.41, 5.74) is 11.5. The molecule has 0 unspecified atom stereocenters. The van der Waals surface area contributed by atoms with Gasteiger partial charge in [-0.15, -0.1) is 0 Å². The molecule has 2 heteroatoms. The second kappa shape index (κ2) is 10.7. The van der Waals surface area contributed by atoms with E-state index in [0.717, 1.165) is 33.4 Å². The van der Waals surface area contributed by atoms with Crippen LogP contribution in [0.3, 0.4) is 0 Å². The Bertz CT molecular complexity index is 3160. The predicted octanol–water partition coefficient (Wildman–Crippen LogP) is 13.1. The highest BCUT2D eigenvalue weighted by Crippen LogP contribution is 2.64. The number of rotatable bonds is 4. The monoisotopic (exact) mass is 656 g/mol. The Balaban J connectivity index is 1.29. The zero-order valence-corrected chi connectivity index (χ0v) is 27.2. The van der Waals surface area contributed by atoms with Crippen LogP contribution in [0.4, 0.5) is 17.1 Å². The maximum atomic E-state index is 9.67. The van der Waals surface area contributed by atoms with Crippen molar-refractivity contribution in [2.75, 3.05) is 4.90 Å². The molecular formula is C49H31NO. The van der Waals surface area contributed by atoms with Crippen molar-refractivity contribution in [2.45, 2.75) is 5.41 Å². The number of hydrogen-bond donors (Lipinski definition) is 0. The van der Waals surface area contributed by atoms with E-state index in [1.54, 1.807) is 0 Å². The summed E-state index contributed by atoms with van der Waals surface area (Å²) in [5.74, 6) is 0. The molecule has 0 bridgehead atoms. The molecule has 1 heterocycles. The van der Waals surface area contributed by atoms with Crippen LogP contribution in [0.1, 0.15) is 31.8 Å². The van der Waals surface area contributed by atoms with Crippen molar-refractivity contribution in [1.29, 1.82) is 0 Å². The van der Waals surface area contributed by atoms with Gasteiger partial charge in [-0.3, -0.25) is 0 Å². The van der Waals surface area contributed by atoms with Gasteiger partial charge in [0, 0.05) is 16.6 Å². The summed E-state index contributed by atoms with van der Waals surface area (Å²) >= 11 is 0. The molecule has 11 rings (SSSR count). The van der Waals surface area contributed by atoms with Crippen molar-refractivity contribution < 1.29 is 14.0 Å². The SMILES string of the molecule is [2H]c1c([2H])c([2H])c2c(oc3c([2H])c([2H])c([2H])c(N(c4ccc(-c5ccccc5)cc4)c4cccc5c4-c4ccccc4C54c5ccccc5-c5ccccc54)c32)c1[2H]. The van der Waals surface area contributed by atoms with Crippen molar-refractivity contribution >= 4 is 39.0 Å². The number of para-hydroxylation sites is 1. The summed E-state index contributed by atoms with van der Waals surface area (Å²) in [5, 5.41) is 0.238. The minimum absolute atomic E-state index is 0.0620. The van der Waals surface area contributed by atoms with Gasteiger partial charge in [0.2, 0.25) is 0 Å². The molecule has 0 N–H and O–H groups in total. The van der Waals surface area contributed by atoms with E-state index in [-0.39, 0.29) is 57.8 Å². The Labute approximate surface area is 306 Å². The van der Waals surface area contributed by atoms with Crippen LogP contribution in [0, 0.1) is 0 Å². The lowest BCUT2D eigenvalue weighted by Crippen LogP contribution is -2.26. The van der Waals surface area contributed by atoms with Crippen molar-refractivity contribution in [3.8, 4) is 33.4 Å². The van der Waals surface area contributed by atoms with Crippen LogP contribution in [0.15, 0.2) is 192 Å². The molecule has 2 aliphatic rings. The second-order valence-corrected chi connectivity index (χ2v) is 13.1. The lowest BCUT2D eigenvalue weighted by atomic mass is 9.70. The average molecular weight is 657 g/mol.